The van der Waals surface area contributed by atoms with E-state index in [0.29, 0.717) is 46.1 Å². The van der Waals surface area contributed by atoms with Crippen LogP contribution in [-0.2, 0) is 0 Å². The Kier molecular flexibility index (Phi) is 4.43. The van der Waals surface area contributed by atoms with E-state index in [1.54, 1.807) is 29.3 Å². The topological polar surface area (TPSA) is 105 Å². The van der Waals surface area contributed by atoms with Crippen LogP contribution in [0.15, 0.2) is 47.0 Å². The van der Waals surface area contributed by atoms with Gasteiger partial charge in [-0.15, -0.1) is 0 Å². The minimum absolute atomic E-state index is 0.0362. The highest BCUT2D eigenvalue weighted by Crippen LogP contribution is 2.32. The lowest BCUT2D eigenvalue weighted by Crippen LogP contribution is -2.37. The highest BCUT2D eigenvalue weighted by Gasteiger charge is 2.29. The fourth-order valence-electron chi connectivity index (χ4n) is 3.99. The van der Waals surface area contributed by atoms with Crippen molar-refractivity contribution in [3.05, 3.63) is 69.2 Å². The number of benzene rings is 2. The first-order valence-electron chi connectivity index (χ1n) is 9.60. The third-order valence-corrected chi connectivity index (χ3v) is 5.84. The molecule has 1 amide bonds. The predicted octanol–water partition coefficient (Wildman–Crippen LogP) is 4.89. The van der Waals surface area contributed by atoms with Crippen LogP contribution in [0.3, 0.4) is 0 Å². The monoisotopic (exact) mass is 424 g/mol. The summed E-state index contributed by atoms with van der Waals surface area (Å²) < 4.78 is 5.88. The van der Waals surface area contributed by atoms with Gasteiger partial charge in [-0.25, -0.2) is 4.98 Å². The molecule has 8 nitrogen and oxygen atoms in total. The van der Waals surface area contributed by atoms with Crippen LogP contribution in [0.25, 0.3) is 22.0 Å². The summed E-state index contributed by atoms with van der Waals surface area (Å²) >= 11 is 6.02. The molecule has 4 aromatic rings. The Morgan fingerprint density at radius 2 is 2.03 bits per heavy atom. The second-order valence-electron chi connectivity index (χ2n) is 7.42. The number of nitrogens with one attached hydrogen (secondary N) is 1. The molecule has 0 unspecified atom stereocenters. The molecular formula is C21H17ClN4O4. The summed E-state index contributed by atoms with van der Waals surface area (Å²) in [4.78, 5) is 33.0. The van der Waals surface area contributed by atoms with Crippen molar-refractivity contribution in [1.29, 1.82) is 0 Å². The summed E-state index contributed by atoms with van der Waals surface area (Å²) in [6.07, 6.45) is 3.08. The summed E-state index contributed by atoms with van der Waals surface area (Å²) in [6, 6.07) is 9.84. The maximum atomic E-state index is 13.1. The van der Waals surface area contributed by atoms with Crippen molar-refractivity contribution >= 4 is 45.2 Å². The normalized spacial score (nSPS) is 15.2. The molecule has 1 aliphatic heterocycles. The molecule has 0 atom stereocenters. The third-order valence-electron chi connectivity index (χ3n) is 5.60. The lowest BCUT2D eigenvalue weighted by atomic mass is 9.96. The number of nitro groups is 1. The van der Waals surface area contributed by atoms with Gasteiger partial charge in [0.25, 0.3) is 11.6 Å². The number of hydrogen-bond acceptors (Lipinski definition) is 5. The number of halogens is 1. The van der Waals surface area contributed by atoms with E-state index >= 15 is 0 Å². The number of H-pyrrole nitrogens is 1. The number of aromatic nitrogens is 2. The number of non-ortho nitro benzene ring substituents is 1. The number of piperidine rings is 1. The number of nitrogens with zero attached hydrogens (tertiary/aromatic N) is 3. The van der Waals surface area contributed by atoms with Crippen molar-refractivity contribution in [3.8, 4) is 0 Å². The summed E-state index contributed by atoms with van der Waals surface area (Å²) in [7, 11) is 0. The van der Waals surface area contributed by atoms with Crippen LogP contribution in [0.2, 0.25) is 5.02 Å². The van der Waals surface area contributed by atoms with Gasteiger partial charge in [-0.1, -0.05) is 11.6 Å². The molecule has 152 valence electrons. The van der Waals surface area contributed by atoms with Crippen LogP contribution < -0.4 is 0 Å². The number of oxazole rings is 1. The molecule has 1 aliphatic rings. The predicted molar refractivity (Wildman–Crippen MR) is 112 cm³/mol. The van der Waals surface area contributed by atoms with Crippen LogP contribution in [0.5, 0.6) is 0 Å². The SMILES string of the molecule is O=C(c1c[nH]c2ccc([N+](=O)[O-])cc12)N1CCC(c2nc3cc(Cl)ccc3o2)CC1. The van der Waals surface area contributed by atoms with Gasteiger partial charge >= 0.3 is 0 Å². The van der Waals surface area contributed by atoms with Gasteiger partial charge in [0.15, 0.2) is 11.5 Å². The number of likely N-dealkylation sites (tertiary alicyclic amines) is 1. The second-order valence-corrected chi connectivity index (χ2v) is 7.86. The molecule has 1 fully saturated rings. The maximum Gasteiger partial charge on any atom is 0.270 e. The van der Waals surface area contributed by atoms with Crippen molar-refractivity contribution in [2.45, 2.75) is 18.8 Å². The van der Waals surface area contributed by atoms with Crippen LogP contribution >= 0.6 is 11.6 Å². The number of hydrogen-bond donors (Lipinski definition) is 1. The first-order chi connectivity index (χ1) is 14.5. The lowest BCUT2D eigenvalue weighted by Gasteiger charge is -2.30. The number of aromatic amines is 1. The lowest BCUT2D eigenvalue weighted by molar-refractivity contribution is -0.384. The minimum Gasteiger partial charge on any atom is -0.440 e. The largest absolute Gasteiger partial charge is 0.440 e. The molecule has 0 bridgehead atoms. The van der Waals surface area contributed by atoms with Crippen molar-refractivity contribution in [1.82, 2.24) is 14.9 Å². The summed E-state index contributed by atoms with van der Waals surface area (Å²) in [5.74, 6) is 0.663. The molecule has 9 heteroatoms. The van der Waals surface area contributed by atoms with Crippen molar-refractivity contribution in [2.75, 3.05) is 13.1 Å². The number of carbonyl (C=O) groups is 1. The Bertz CT molecular complexity index is 1290. The molecule has 5 rings (SSSR count). The van der Waals surface area contributed by atoms with Gasteiger partial charge in [-0.3, -0.25) is 14.9 Å². The van der Waals surface area contributed by atoms with Gasteiger partial charge in [0.2, 0.25) is 0 Å². The van der Waals surface area contributed by atoms with Crippen molar-refractivity contribution in [2.24, 2.45) is 0 Å². The minimum atomic E-state index is -0.459. The van der Waals surface area contributed by atoms with E-state index in [0.717, 1.165) is 18.4 Å². The van der Waals surface area contributed by atoms with E-state index in [-0.39, 0.29) is 17.5 Å². The van der Waals surface area contributed by atoms with Crippen LogP contribution in [0.1, 0.15) is 35.0 Å². The molecular weight excluding hydrogens is 408 g/mol. The molecule has 2 aromatic heterocycles. The summed E-state index contributed by atoms with van der Waals surface area (Å²) in [5.41, 5.74) is 2.54. The summed E-state index contributed by atoms with van der Waals surface area (Å²) in [6.45, 7) is 1.12. The summed E-state index contributed by atoms with van der Waals surface area (Å²) in [5, 5.41) is 12.3. The van der Waals surface area contributed by atoms with Gasteiger partial charge in [-0.05, 0) is 37.1 Å². The molecule has 0 spiro atoms. The molecule has 1 saturated heterocycles. The number of nitro benzene ring substituents is 1. The Hall–Kier alpha value is -3.39. The first kappa shape index (κ1) is 18.6. The number of rotatable bonds is 3. The standard InChI is InChI=1S/C21H17ClN4O4/c22-13-1-4-19-18(9-13)24-20(30-19)12-5-7-25(8-6-12)21(27)16-11-23-17-3-2-14(26(28)29)10-15(16)17/h1-4,9-12,23H,5-8H2. The zero-order valence-corrected chi connectivity index (χ0v) is 16.6. The second kappa shape index (κ2) is 7.14. The molecule has 0 saturated carbocycles. The zero-order chi connectivity index (χ0) is 20.8. The highest BCUT2D eigenvalue weighted by atomic mass is 35.5. The van der Waals surface area contributed by atoms with Gasteiger partial charge in [0.05, 0.1) is 10.5 Å². The molecule has 3 heterocycles. The average molecular weight is 425 g/mol. The molecule has 1 N–H and O–H groups in total. The van der Waals surface area contributed by atoms with E-state index in [4.69, 9.17) is 16.0 Å². The number of fused-ring (bicyclic) bond motifs is 2. The fourth-order valence-corrected chi connectivity index (χ4v) is 4.16. The molecule has 30 heavy (non-hydrogen) atoms. The van der Waals surface area contributed by atoms with Gasteiger partial charge in [-0.2, -0.15) is 0 Å². The van der Waals surface area contributed by atoms with E-state index in [1.807, 2.05) is 6.07 Å². The van der Waals surface area contributed by atoms with E-state index in [9.17, 15) is 14.9 Å². The van der Waals surface area contributed by atoms with E-state index in [2.05, 4.69) is 9.97 Å². The maximum absolute atomic E-state index is 13.1. The Balaban J connectivity index is 1.33. The first-order valence-corrected chi connectivity index (χ1v) is 9.98. The van der Waals surface area contributed by atoms with Gasteiger partial charge in [0, 0.05) is 53.3 Å². The van der Waals surface area contributed by atoms with Crippen molar-refractivity contribution < 1.29 is 14.1 Å². The highest BCUT2D eigenvalue weighted by molar-refractivity contribution is 6.31. The Morgan fingerprint density at radius 1 is 1.23 bits per heavy atom. The number of carbonyl (C=O) groups excluding carboxylic acids is 1. The molecule has 0 radical (unpaired) electrons. The third kappa shape index (κ3) is 3.19. The van der Waals surface area contributed by atoms with Crippen LogP contribution in [0.4, 0.5) is 5.69 Å². The molecule has 0 aliphatic carbocycles. The molecule has 2 aromatic carbocycles. The van der Waals surface area contributed by atoms with Gasteiger partial charge in [0.1, 0.15) is 5.52 Å². The Labute approximate surface area is 175 Å². The fraction of sp³-hybridized carbons (Fsp3) is 0.238. The zero-order valence-electron chi connectivity index (χ0n) is 15.8. The van der Waals surface area contributed by atoms with Crippen LogP contribution in [0, 0.1) is 10.1 Å². The van der Waals surface area contributed by atoms with E-state index < -0.39 is 4.92 Å². The van der Waals surface area contributed by atoms with Crippen molar-refractivity contribution in [3.63, 3.8) is 0 Å². The quantitative estimate of drug-likeness (QED) is 0.372. The van der Waals surface area contributed by atoms with E-state index in [1.165, 1.54) is 12.1 Å². The smallest absolute Gasteiger partial charge is 0.270 e. The number of amides is 1. The average Bonchev–Trinajstić information content (AvgIpc) is 3.36. The van der Waals surface area contributed by atoms with Crippen LogP contribution in [-0.4, -0.2) is 38.8 Å². The Morgan fingerprint density at radius 3 is 2.80 bits per heavy atom. The van der Waals surface area contributed by atoms with Gasteiger partial charge < -0.3 is 14.3 Å².